The average molecular weight is 285 g/mol. The fourth-order valence-electron chi connectivity index (χ4n) is 1.88. The van der Waals surface area contributed by atoms with Crippen LogP contribution in [-0.4, -0.2) is 20.9 Å². The fourth-order valence-corrected chi connectivity index (χ4v) is 2.03. The third-order valence-electron chi connectivity index (χ3n) is 2.76. The molecule has 0 aliphatic carbocycles. The highest BCUT2D eigenvalue weighted by molar-refractivity contribution is 6.28. The van der Waals surface area contributed by atoms with Gasteiger partial charge in [0, 0.05) is 17.8 Å². The Hall–Kier alpha value is -2.53. The first-order valence-corrected chi connectivity index (χ1v) is 6.25. The maximum Gasteiger partial charge on any atom is 0.257 e. The number of pyridine rings is 1. The largest absolute Gasteiger partial charge is 0.306 e. The molecule has 0 fully saturated rings. The number of para-hydroxylation sites is 1. The van der Waals surface area contributed by atoms with E-state index in [1.807, 2.05) is 24.3 Å². The third-order valence-corrected chi connectivity index (χ3v) is 2.94. The molecule has 0 bridgehead atoms. The number of nitrogens with one attached hydrogen (secondary N) is 1. The number of anilines is 1. The molecule has 1 aromatic carbocycles. The van der Waals surface area contributed by atoms with Gasteiger partial charge < -0.3 is 5.32 Å². The van der Waals surface area contributed by atoms with Crippen LogP contribution in [0.4, 0.5) is 5.82 Å². The summed E-state index contributed by atoms with van der Waals surface area (Å²) in [5.41, 5.74) is 1.30. The molecule has 1 N–H and O–H groups in total. The zero-order valence-electron chi connectivity index (χ0n) is 10.2. The van der Waals surface area contributed by atoms with Crippen LogP contribution in [-0.2, 0) is 0 Å². The molecule has 20 heavy (non-hydrogen) atoms. The number of halogens is 1. The lowest BCUT2D eigenvalue weighted by Gasteiger charge is -2.06. The molecule has 0 saturated carbocycles. The third kappa shape index (κ3) is 2.44. The summed E-state index contributed by atoms with van der Waals surface area (Å²) in [5.74, 6) is 0.0919. The van der Waals surface area contributed by atoms with Gasteiger partial charge in [0.15, 0.2) is 0 Å². The smallest absolute Gasteiger partial charge is 0.257 e. The summed E-state index contributed by atoms with van der Waals surface area (Å²) in [5, 5.41) is 3.56. The Morgan fingerprint density at radius 2 is 1.85 bits per heavy atom. The van der Waals surface area contributed by atoms with Gasteiger partial charge in [-0.05, 0) is 29.8 Å². The molecule has 0 spiro atoms. The Morgan fingerprint density at radius 1 is 1.05 bits per heavy atom. The first kappa shape index (κ1) is 12.5. The van der Waals surface area contributed by atoms with Crippen LogP contribution in [0, 0.1) is 0 Å². The van der Waals surface area contributed by atoms with Crippen LogP contribution in [0.3, 0.4) is 0 Å². The van der Waals surface area contributed by atoms with E-state index in [2.05, 4.69) is 20.3 Å². The number of rotatable bonds is 2. The van der Waals surface area contributed by atoms with Crippen molar-refractivity contribution in [1.29, 1.82) is 0 Å². The predicted octanol–water partition coefficient (Wildman–Crippen LogP) is 2.93. The topological polar surface area (TPSA) is 67.8 Å². The molecule has 2 heterocycles. The zero-order chi connectivity index (χ0) is 13.9. The number of carbonyl (C=O) groups is 1. The molecule has 0 aliphatic heterocycles. The number of nitrogens with zero attached hydrogens (tertiary/aromatic N) is 3. The molecule has 0 aliphatic rings. The lowest BCUT2D eigenvalue weighted by molar-refractivity contribution is 0.102. The monoisotopic (exact) mass is 284 g/mol. The van der Waals surface area contributed by atoms with Crippen molar-refractivity contribution in [2.24, 2.45) is 0 Å². The summed E-state index contributed by atoms with van der Waals surface area (Å²) in [6.07, 6.45) is 3.08. The van der Waals surface area contributed by atoms with Gasteiger partial charge in [-0.3, -0.25) is 9.78 Å². The molecule has 5 nitrogen and oxygen atoms in total. The Labute approximate surface area is 119 Å². The molecule has 1 amide bonds. The van der Waals surface area contributed by atoms with Crippen molar-refractivity contribution < 1.29 is 4.79 Å². The van der Waals surface area contributed by atoms with Crippen LogP contribution >= 0.6 is 11.6 Å². The maximum absolute atomic E-state index is 12.3. The van der Waals surface area contributed by atoms with Gasteiger partial charge in [-0.2, -0.15) is 0 Å². The van der Waals surface area contributed by atoms with E-state index in [1.165, 1.54) is 6.20 Å². The van der Waals surface area contributed by atoms with Gasteiger partial charge in [-0.15, -0.1) is 0 Å². The normalized spacial score (nSPS) is 10.4. The van der Waals surface area contributed by atoms with Crippen LogP contribution < -0.4 is 5.32 Å². The Bertz CT molecular complexity index is 785. The minimum Gasteiger partial charge on any atom is -0.306 e. The van der Waals surface area contributed by atoms with Crippen molar-refractivity contribution in [1.82, 2.24) is 15.0 Å². The molecule has 3 rings (SSSR count). The number of benzene rings is 1. The Morgan fingerprint density at radius 3 is 2.70 bits per heavy atom. The number of fused-ring (bicyclic) bond motifs is 1. The molecular formula is C14H9ClN4O. The van der Waals surface area contributed by atoms with Crippen LogP contribution in [0.2, 0.25) is 5.28 Å². The minimum atomic E-state index is -0.265. The Kier molecular flexibility index (Phi) is 3.26. The maximum atomic E-state index is 12.3. The van der Waals surface area contributed by atoms with E-state index >= 15 is 0 Å². The van der Waals surface area contributed by atoms with Crippen LogP contribution in [0.1, 0.15) is 10.4 Å². The zero-order valence-corrected chi connectivity index (χ0v) is 11.0. The summed E-state index contributed by atoms with van der Waals surface area (Å²) in [6, 6.07) is 10.7. The van der Waals surface area contributed by atoms with Gasteiger partial charge in [-0.25, -0.2) is 9.97 Å². The first-order valence-electron chi connectivity index (χ1n) is 5.88. The van der Waals surface area contributed by atoms with Crippen LogP contribution in [0.25, 0.3) is 10.9 Å². The van der Waals surface area contributed by atoms with Crippen molar-refractivity contribution in [2.45, 2.75) is 0 Å². The summed E-state index contributed by atoms with van der Waals surface area (Å²) >= 11 is 5.69. The molecule has 2 aromatic heterocycles. The number of hydrogen-bond donors (Lipinski definition) is 1. The average Bonchev–Trinajstić information content (AvgIpc) is 2.46. The molecular weight excluding hydrogens is 276 g/mol. The van der Waals surface area contributed by atoms with Crippen molar-refractivity contribution in [3.8, 4) is 0 Å². The van der Waals surface area contributed by atoms with Crippen LogP contribution in [0.5, 0.6) is 0 Å². The second kappa shape index (κ2) is 5.22. The molecule has 98 valence electrons. The molecule has 0 unspecified atom stereocenters. The van der Waals surface area contributed by atoms with Gasteiger partial charge in [0.25, 0.3) is 5.91 Å². The standard InChI is InChI=1S/C14H9ClN4O/c15-14-17-8-6-12(19-14)18-13(20)10-5-7-16-11-4-2-1-3-9(10)11/h1-8H,(H,17,18,19,20). The van der Waals surface area contributed by atoms with E-state index in [4.69, 9.17) is 11.6 Å². The van der Waals surface area contributed by atoms with E-state index < -0.39 is 0 Å². The van der Waals surface area contributed by atoms with Crippen molar-refractivity contribution in [3.05, 3.63) is 59.6 Å². The van der Waals surface area contributed by atoms with Gasteiger partial charge in [0.1, 0.15) is 5.82 Å². The highest BCUT2D eigenvalue weighted by Gasteiger charge is 2.11. The van der Waals surface area contributed by atoms with Crippen molar-refractivity contribution in [3.63, 3.8) is 0 Å². The van der Waals surface area contributed by atoms with Crippen LogP contribution in [0.15, 0.2) is 48.8 Å². The SMILES string of the molecule is O=C(Nc1ccnc(Cl)n1)c1ccnc2ccccc12. The number of aromatic nitrogens is 3. The molecule has 3 aromatic rings. The lowest BCUT2D eigenvalue weighted by atomic mass is 10.1. The summed E-state index contributed by atoms with van der Waals surface area (Å²) < 4.78 is 0. The highest BCUT2D eigenvalue weighted by Crippen LogP contribution is 2.17. The number of hydrogen-bond acceptors (Lipinski definition) is 4. The molecule has 0 saturated heterocycles. The molecule has 0 radical (unpaired) electrons. The van der Waals surface area contributed by atoms with Gasteiger partial charge in [0.2, 0.25) is 5.28 Å². The van der Waals surface area contributed by atoms with Gasteiger partial charge in [0.05, 0.1) is 11.1 Å². The predicted molar refractivity (Wildman–Crippen MR) is 76.7 cm³/mol. The van der Waals surface area contributed by atoms with Crippen molar-refractivity contribution >= 4 is 34.2 Å². The number of amides is 1. The van der Waals surface area contributed by atoms with Gasteiger partial charge >= 0.3 is 0 Å². The Balaban J connectivity index is 1.97. The second-order valence-electron chi connectivity index (χ2n) is 4.04. The minimum absolute atomic E-state index is 0.0855. The summed E-state index contributed by atoms with van der Waals surface area (Å²) in [4.78, 5) is 24.2. The van der Waals surface area contributed by atoms with E-state index in [-0.39, 0.29) is 11.2 Å². The second-order valence-corrected chi connectivity index (χ2v) is 4.38. The lowest BCUT2D eigenvalue weighted by Crippen LogP contribution is -2.13. The first-order chi connectivity index (χ1) is 9.74. The fraction of sp³-hybridized carbons (Fsp3) is 0. The molecule has 0 atom stereocenters. The van der Waals surface area contributed by atoms with E-state index in [0.717, 1.165) is 10.9 Å². The summed E-state index contributed by atoms with van der Waals surface area (Å²) in [7, 11) is 0. The van der Waals surface area contributed by atoms with Gasteiger partial charge in [-0.1, -0.05) is 18.2 Å². The van der Waals surface area contributed by atoms with E-state index in [0.29, 0.717) is 11.4 Å². The molecule has 6 heteroatoms. The quantitative estimate of drug-likeness (QED) is 0.735. The highest BCUT2D eigenvalue weighted by atomic mass is 35.5. The van der Waals surface area contributed by atoms with Crippen molar-refractivity contribution in [2.75, 3.05) is 5.32 Å². The van der Waals surface area contributed by atoms with E-state index in [1.54, 1.807) is 18.3 Å². The summed E-state index contributed by atoms with van der Waals surface area (Å²) in [6.45, 7) is 0. The van der Waals surface area contributed by atoms with E-state index in [9.17, 15) is 4.79 Å². The number of carbonyl (C=O) groups excluding carboxylic acids is 1.